The number of hydrogen-bond donors (Lipinski definition) is 0. The van der Waals surface area contributed by atoms with E-state index in [1.165, 1.54) is 0 Å². The minimum atomic E-state index is 0.444. The van der Waals surface area contributed by atoms with Crippen LogP contribution in [-0.2, 0) is 0 Å². The Morgan fingerprint density at radius 3 is 1.56 bits per heavy atom. The smallest absolute Gasteiger partial charge is 0.166 e. The first-order valence-electron chi connectivity index (χ1n) is 23.7. The molecule has 71 heavy (non-hydrogen) atoms. The van der Waals surface area contributed by atoms with Crippen molar-refractivity contribution in [3.8, 4) is 73.9 Å². The summed E-state index contributed by atoms with van der Waals surface area (Å²) in [5, 5.41) is 17.2. The highest BCUT2D eigenvalue weighted by Crippen LogP contribution is 2.45. The van der Waals surface area contributed by atoms with Gasteiger partial charge in [0.2, 0.25) is 0 Å². The third kappa shape index (κ3) is 6.32. The Morgan fingerprint density at radius 2 is 0.901 bits per heavy atom. The first-order valence-corrected chi connectivity index (χ1v) is 23.7. The average Bonchev–Trinajstić information content (AvgIpc) is 4.12. The summed E-state index contributed by atoms with van der Waals surface area (Å²) >= 11 is 0. The van der Waals surface area contributed by atoms with Gasteiger partial charge < -0.3 is 13.6 Å². The fourth-order valence-corrected chi connectivity index (χ4v) is 10.7. The lowest BCUT2D eigenvalue weighted by atomic mass is 9.98. The van der Waals surface area contributed by atoms with Crippen molar-refractivity contribution in [1.82, 2.24) is 24.1 Å². The molecule has 0 fully saturated rings. The zero-order valence-electron chi connectivity index (χ0n) is 38.0. The lowest BCUT2D eigenvalue weighted by Gasteiger charge is -2.17. The van der Waals surface area contributed by atoms with Gasteiger partial charge in [0.05, 0.1) is 45.1 Å². The van der Waals surface area contributed by atoms with Crippen molar-refractivity contribution in [3.05, 3.63) is 236 Å². The lowest BCUT2D eigenvalue weighted by molar-refractivity contribution is 0.666. The number of benzene rings is 10. The third-order valence-corrected chi connectivity index (χ3v) is 13.8. The monoisotopic (exact) mass is 906 g/mol. The van der Waals surface area contributed by atoms with Crippen molar-refractivity contribution in [2.45, 2.75) is 0 Å². The number of nitriles is 1. The highest BCUT2D eigenvalue weighted by Gasteiger charge is 2.26. The Bertz CT molecular complexity index is 4380. The van der Waals surface area contributed by atoms with E-state index in [1.54, 1.807) is 0 Å². The van der Waals surface area contributed by atoms with E-state index in [-0.39, 0.29) is 0 Å². The number of fused-ring (bicyclic) bond motifs is 10. The second-order valence-corrected chi connectivity index (χ2v) is 17.8. The van der Waals surface area contributed by atoms with Gasteiger partial charge in [0, 0.05) is 49.0 Å². The van der Waals surface area contributed by atoms with Crippen LogP contribution in [0.25, 0.3) is 133 Å². The van der Waals surface area contributed by atoms with E-state index < -0.39 is 0 Å². The topological polar surface area (TPSA) is 85.5 Å². The SMILES string of the molecule is N#Cc1ccc(-n2c3ccccc3c3ccc4c(c5ccccc5n4-c4cccc5c4oc4ccccc45)c32)c(-c2nc(-c3ccccc3-c3ccccc3)nc(-c3ccccc3-c3ccccc3)n2)c1. The van der Waals surface area contributed by atoms with Crippen molar-refractivity contribution in [2.24, 2.45) is 0 Å². The molecule has 0 spiro atoms. The molecule has 0 aliphatic rings. The van der Waals surface area contributed by atoms with Crippen molar-refractivity contribution in [2.75, 3.05) is 0 Å². The maximum Gasteiger partial charge on any atom is 0.166 e. The second-order valence-electron chi connectivity index (χ2n) is 17.8. The predicted molar refractivity (Wildman–Crippen MR) is 288 cm³/mol. The first-order chi connectivity index (χ1) is 35.2. The summed E-state index contributed by atoms with van der Waals surface area (Å²) < 4.78 is 11.4. The zero-order chi connectivity index (χ0) is 47.0. The molecule has 0 saturated heterocycles. The van der Waals surface area contributed by atoms with Crippen LogP contribution in [0.5, 0.6) is 0 Å². The van der Waals surface area contributed by atoms with E-state index in [0.29, 0.717) is 28.6 Å². The molecular weight excluding hydrogens is 869 g/mol. The van der Waals surface area contributed by atoms with Gasteiger partial charge in [-0.2, -0.15) is 5.26 Å². The van der Waals surface area contributed by atoms with E-state index in [2.05, 4.69) is 155 Å². The quantitative estimate of drug-likeness (QED) is 0.159. The van der Waals surface area contributed by atoms with Gasteiger partial charge in [-0.25, -0.2) is 15.0 Å². The minimum absolute atomic E-state index is 0.444. The van der Waals surface area contributed by atoms with Gasteiger partial charge in [0.15, 0.2) is 23.1 Å². The molecule has 0 radical (unpaired) electrons. The average molecular weight is 907 g/mol. The minimum Gasteiger partial charge on any atom is -0.454 e. The highest BCUT2D eigenvalue weighted by atomic mass is 16.3. The van der Waals surface area contributed by atoms with Crippen LogP contribution in [0, 0.1) is 11.3 Å². The van der Waals surface area contributed by atoms with Crippen molar-refractivity contribution in [3.63, 3.8) is 0 Å². The molecule has 4 aromatic heterocycles. The molecule has 14 rings (SSSR count). The summed E-state index contributed by atoms with van der Waals surface area (Å²) in [5.41, 5.74) is 14.6. The fraction of sp³-hybridized carbons (Fsp3) is 0. The number of nitrogens with zero attached hydrogens (tertiary/aromatic N) is 6. The second kappa shape index (κ2) is 16.1. The van der Waals surface area contributed by atoms with Crippen molar-refractivity contribution < 1.29 is 4.42 Å². The van der Waals surface area contributed by atoms with Crippen LogP contribution in [0.2, 0.25) is 0 Å². The van der Waals surface area contributed by atoms with E-state index in [0.717, 1.165) is 110 Å². The van der Waals surface area contributed by atoms with Crippen LogP contribution in [0.3, 0.4) is 0 Å². The van der Waals surface area contributed by atoms with Gasteiger partial charge in [-0.3, -0.25) is 0 Å². The molecule has 0 N–H and O–H groups in total. The number of para-hydroxylation sites is 4. The molecule has 0 aliphatic heterocycles. The van der Waals surface area contributed by atoms with Crippen LogP contribution in [0.15, 0.2) is 235 Å². The first kappa shape index (κ1) is 40.2. The van der Waals surface area contributed by atoms with Crippen molar-refractivity contribution in [1.29, 1.82) is 5.26 Å². The molecule has 0 aliphatic carbocycles. The van der Waals surface area contributed by atoms with Gasteiger partial charge in [-0.05, 0) is 70.8 Å². The number of aromatic nitrogens is 5. The molecule has 330 valence electrons. The largest absolute Gasteiger partial charge is 0.454 e. The summed E-state index contributed by atoms with van der Waals surface area (Å²) in [7, 11) is 0. The molecule has 0 saturated carbocycles. The Kier molecular flexibility index (Phi) is 9.13. The molecule has 0 bridgehead atoms. The lowest BCUT2D eigenvalue weighted by Crippen LogP contribution is -2.05. The van der Waals surface area contributed by atoms with Crippen LogP contribution in [0.4, 0.5) is 0 Å². The summed E-state index contributed by atoms with van der Waals surface area (Å²) in [5.74, 6) is 1.49. The third-order valence-electron chi connectivity index (χ3n) is 13.8. The van der Waals surface area contributed by atoms with Crippen molar-refractivity contribution >= 4 is 65.6 Å². The predicted octanol–water partition coefficient (Wildman–Crippen LogP) is 16.2. The standard InChI is InChI=1S/C64H38N6O/c65-39-40-34-36-55(52(38-40)64-67-62(49-26-9-7-22-43(49)41-18-3-1-4-19-41)66-63(68-64)50-27-10-8-23-44(50)42-20-5-2-6-21-42)70-53-30-14-11-24-45(53)47-35-37-56-59(60(47)70)51-28-12-15-31-54(51)69(56)57-32-17-29-48-46-25-13-16-33-58(46)71-61(48)57/h1-38H. The van der Waals surface area contributed by atoms with Gasteiger partial charge in [0.25, 0.3) is 0 Å². The Labute approximate surface area is 407 Å². The fourth-order valence-electron chi connectivity index (χ4n) is 10.7. The van der Waals surface area contributed by atoms with E-state index >= 15 is 0 Å². The molecule has 14 aromatic rings. The summed E-state index contributed by atoms with van der Waals surface area (Å²) in [6.45, 7) is 0. The van der Waals surface area contributed by atoms with E-state index in [9.17, 15) is 5.26 Å². The maximum absolute atomic E-state index is 10.6. The van der Waals surface area contributed by atoms with Crippen LogP contribution in [-0.4, -0.2) is 24.1 Å². The zero-order valence-corrected chi connectivity index (χ0v) is 38.0. The van der Waals surface area contributed by atoms with Gasteiger partial charge in [-0.15, -0.1) is 0 Å². The van der Waals surface area contributed by atoms with Crippen LogP contribution >= 0.6 is 0 Å². The Balaban J connectivity index is 1.08. The van der Waals surface area contributed by atoms with Gasteiger partial charge >= 0.3 is 0 Å². The number of rotatable bonds is 7. The molecular formula is C64H38N6O. The van der Waals surface area contributed by atoms with Crippen LogP contribution < -0.4 is 0 Å². The summed E-state index contributed by atoms with van der Waals surface area (Å²) in [6.07, 6.45) is 0. The van der Waals surface area contributed by atoms with Crippen LogP contribution in [0.1, 0.15) is 5.56 Å². The maximum atomic E-state index is 10.6. The van der Waals surface area contributed by atoms with Gasteiger partial charge in [0.1, 0.15) is 5.58 Å². The molecule has 7 heteroatoms. The summed E-state index contributed by atoms with van der Waals surface area (Å²) in [4.78, 5) is 16.2. The summed E-state index contributed by atoms with van der Waals surface area (Å²) in [6, 6.07) is 81.8. The van der Waals surface area contributed by atoms with E-state index in [4.69, 9.17) is 19.4 Å². The molecule has 0 atom stereocenters. The molecule has 0 unspecified atom stereocenters. The molecule has 4 heterocycles. The van der Waals surface area contributed by atoms with E-state index in [1.807, 2.05) is 91.0 Å². The highest BCUT2D eigenvalue weighted by molar-refractivity contribution is 6.26. The van der Waals surface area contributed by atoms with Gasteiger partial charge in [-0.1, -0.05) is 182 Å². The Morgan fingerprint density at radius 1 is 0.366 bits per heavy atom. The number of hydrogen-bond acceptors (Lipinski definition) is 5. The Hall–Kier alpha value is -9.90. The molecule has 0 amide bonds. The normalized spacial score (nSPS) is 11.6. The molecule has 10 aromatic carbocycles. The molecule has 7 nitrogen and oxygen atoms in total. The number of furan rings is 1.